The fourth-order valence-corrected chi connectivity index (χ4v) is 4.79. The highest BCUT2D eigenvalue weighted by molar-refractivity contribution is 9.10. The quantitative estimate of drug-likeness (QED) is 0.680. The largest absolute Gasteiger partial charge is 0.325 e. The first-order valence-electron chi connectivity index (χ1n) is 10.1. The van der Waals surface area contributed by atoms with Gasteiger partial charge in [0.05, 0.1) is 11.5 Å². The van der Waals surface area contributed by atoms with E-state index < -0.39 is 0 Å². The number of para-hydroxylation sites is 1. The molecule has 1 amide bonds. The molecule has 0 unspecified atom stereocenters. The average Bonchev–Trinajstić information content (AvgIpc) is 3.09. The lowest BCUT2D eigenvalue weighted by molar-refractivity contribution is -0.113. The van der Waals surface area contributed by atoms with E-state index in [0.29, 0.717) is 5.75 Å². The molecule has 1 saturated heterocycles. The Labute approximate surface area is 190 Å². The van der Waals surface area contributed by atoms with E-state index in [9.17, 15) is 4.79 Å². The summed E-state index contributed by atoms with van der Waals surface area (Å²) in [6.07, 6.45) is 1.81. The lowest BCUT2D eigenvalue weighted by Crippen LogP contribution is -2.39. The normalized spacial score (nSPS) is 18.2. The molecule has 0 radical (unpaired) electrons. The highest BCUT2D eigenvalue weighted by Gasteiger charge is 2.39. The molecule has 1 spiro atoms. The summed E-state index contributed by atoms with van der Waals surface area (Å²) in [6.45, 7) is 3.95. The van der Waals surface area contributed by atoms with Crippen LogP contribution in [0.25, 0.3) is 0 Å². The van der Waals surface area contributed by atoms with Crippen molar-refractivity contribution in [3.63, 3.8) is 0 Å². The summed E-state index contributed by atoms with van der Waals surface area (Å²) in [6, 6.07) is 16.0. The predicted molar refractivity (Wildman–Crippen MR) is 130 cm³/mol. The number of hydrogen-bond acceptors (Lipinski definition) is 5. The van der Waals surface area contributed by atoms with Crippen molar-refractivity contribution in [1.82, 2.24) is 4.90 Å². The molecular formula is C23H25BrN4OS. The third-order valence-electron chi connectivity index (χ3n) is 5.50. The van der Waals surface area contributed by atoms with Crippen molar-refractivity contribution in [1.29, 1.82) is 0 Å². The summed E-state index contributed by atoms with van der Waals surface area (Å²) in [7, 11) is 2.14. The molecule has 0 aromatic heterocycles. The summed E-state index contributed by atoms with van der Waals surface area (Å²) in [5, 5.41) is 3.87. The van der Waals surface area contributed by atoms with E-state index in [1.807, 2.05) is 43.3 Å². The van der Waals surface area contributed by atoms with Crippen LogP contribution in [0.5, 0.6) is 0 Å². The van der Waals surface area contributed by atoms with Gasteiger partial charge in [0, 0.05) is 41.7 Å². The van der Waals surface area contributed by atoms with E-state index in [2.05, 4.69) is 45.3 Å². The smallest absolute Gasteiger partial charge is 0.234 e. The number of nitrogens with zero attached hydrogens (tertiary/aromatic N) is 3. The first-order valence-corrected chi connectivity index (χ1v) is 11.8. The molecule has 5 nitrogen and oxygen atoms in total. The van der Waals surface area contributed by atoms with Crippen molar-refractivity contribution in [3.05, 3.63) is 64.1 Å². The number of piperidine rings is 1. The molecule has 2 heterocycles. The number of anilines is 1. The summed E-state index contributed by atoms with van der Waals surface area (Å²) < 4.78 is 1.03. The Morgan fingerprint density at radius 1 is 1.13 bits per heavy atom. The maximum absolute atomic E-state index is 12.6. The third kappa shape index (κ3) is 4.85. The summed E-state index contributed by atoms with van der Waals surface area (Å²) >= 11 is 4.97. The monoisotopic (exact) mass is 484 g/mol. The molecular weight excluding hydrogens is 460 g/mol. The lowest BCUT2D eigenvalue weighted by atomic mass is 9.99. The van der Waals surface area contributed by atoms with Crippen LogP contribution in [0.15, 0.2) is 63.0 Å². The van der Waals surface area contributed by atoms with Crippen LogP contribution < -0.4 is 5.32 Å². The Kier molecular flexibility index (Phi) is 6.41. The Balaban J connectivity index is 1.52. The second-order valence-corrected chi connectivity index (χ2v) is 9.70. The molecule has 156 valence electrons. The van der Waals surface area contributed by atoms with Crippen molar-refractivity contribution in [2.75, 3.05) is 31.2 Å². The van der Waals surface area contributed by atoms with Gasteiger partial charge < -0.3 is 10.2 Å². The van der Waals surface area contributed by atoms with Crippen LogP contribution in [-0.2, 0) is 4.79 Å². The molecule has 7 heteroatoms. The van der Waals surface area contributed by atoms with Crippen LogP contribution in [0.3, 0.4) is 0 Å². The molecule has 1 N–H and O–H groups in total. The van der Waals surface area contributed by atoms with Gasteiger partial charge in [-0.15, -0.1) is 0 Å². The van der Waals surface area contributed by atoms with Crippen LogP contribution in [-0.4, -0.2) is 53.1 Å². The SMILES string of the molecule is Cc1ccccc1NC(=O)CSC1=NC2(CCN(C)CC2)N=C1c1ccc(Br)cc1. The van der Waals surface area contributed by atoms with Crippen LogP contribution in [0.2, 0.25) is 0 Å². The number of carbonyl (C=O) groups excluding carboxylic acids is 1. The number of benzene rings is 2. The first-order chi connectivity index (χ1) is 14.4. The van der Waals surface area contributed by atoms with Crippen LogP contribution in [0.4, 0.5) is 5.69 Å². The number of nitrogens with one attached hydrogen (secondary N) is 1. The molecule has 0 bridgehead atoms. The van der Waals surface area contributed by atoms with Crippen molar-refractivity contribution in [3.8, 4) is 0 Å². The van der Waals surface area contributed by atoms with Gasteiger partial charge in [-0.2, -0.15) is 0 Å². The Morgan fingerprint density at radius 3 is 2.53 bits per heavy atom. The van der Waals surface area contributed by atoms with E-state index >= 15 is 0 Å². The average molecular weight is 485 g/mol. The van der Waals surface area contributed by atoms with Gasteiger partial charge in [0.1, 0.15) is 5.04 Å². The van der Waals surface area contributed by atoms with Gasteiger partial charge in [0.25, 0.3) is 0 Å². The minimum atomic E-state index is -0.385. The molecule has 4 rings (SSSR count). The zero-order chi connectivity index (χ0) is 21.1. The van der Waals surface area contributed by atoms with Crippen molar-refractivity contribution >= 4 is 50.0 Å². The third-order valence-corrected chi connectivity index (χ3v) is 6.99. The number of amides is 1. The Hall–Kier alpha value is -1.96. The Morgan fingerprint density at radius 2 is 1.83 bits per heavy atom. The lowest BCUT2D eigenvalue weighted by Gasteiger charge is -2.33. The molecule has 30 heavy (non-hydrogen) atoms. The Bertz CT molecular complexity index is 995. The molecule has 0 saturated carbocycles. The number of carbonyl (C=O) groups is 1. The van der Waals surface area contributed by atoms with Gasteiger partial charge in [-0.25, -0.2) is 4.99 Å². The summed E-state index contributed by atoms with van der Waals surface area (Å²) in [5.74, 6) is 0.273. The van der Waals surface area contributed by atoms with Gasteiger partial charge >= 0.3 is 0 Å². The minimum absolute atomic E-state index is 0.0310. The van der Waals surface area contributed by atoms with Crippen molar-refractivity contribution < 1.29 is 4.79 Å². The maximum Gasteiger partial charge on any atom is 0.234 e. The predicted octanol–water partition coefficient (Wildman–Crippen LogP) is 4.75. The molecule has 0 atom stereocenters. The van der Waals surface area contributed by atoms with E-state index in [-0.39, 0.29) is 11.6 Å². The number of thioether (sulfide) groups is 1. The second kappa shape index (κ2) is 9.04. The minimum Gasteiger partial charge on any atom is -0.325 e. The van der Waals surface area contributed by atoms with Crippen LogP contribution in [0, 0.1) is 6.92 Å². The summed E-state index contributed by atoms with van der Waals surface area (Å²) in [5.41, 5.74) is 3.46. The zero-order valence-electron chi connectivity index (χ0n) is 17.2. The van der Waals surface area contributed by atoms with E-state index in [0.717, 1.165) is 58.0 Å². The number of aryl methyl sites for hydroxylation is 1. The molecule has 2 aromatic rings. The highest BCUT2D eigenvalue weighted by atomic mass is 79.9. The number of hydrogen-bond donors (Lipinski definition) is 1. The molecule has 2 aliphatic rings. The number of aliphatic imine (C=N–C) groups is 2. The van der Waals surface area contributed by atoms with Crippen molar-refractivity contribution in [2.45, 2.75) is 25.4 Å². The zero-order valence-corrected chi connectivity index (χ0v) is 19.6. The van der Waals surface area contributed by atoms with Gasteiger partial charge in [0.2, 0.25) is 5.91 Å². The molecule has 2 aliphatic heterocycles. The molecule has 1 fully saturated rings. The summed E-state index contributed by atoms with van der Waals surface area (Å²) in [4.78, 5) is 25.0. The molecule has 2 aromatic carbocycles. The number of halogens is 1. The fraction of sp³-hybridized carbons (Fsp3) is 0.348. The van der Waals surface area contributed by atoms with Crippen molar-refractivity contribution in [2.24, 2.45) is 9.98 Å². The van der Waals surface area contributed by atoms with Crippen LogP contribution >= 0.6 is 27.7 Å². The second-order valence-electron chi connectivity index (χ2n) is 7.82. The van der Waals surface area contributed by atoms with Gasteiger partial charge in [-0.1, -0.05) is 58.0 Å². The topological polar surface area (TPSA) is 57.1 Å². The van der Waals surface area contributed by atoms with E-state index in [1.165, 1.54) is 11.8 Å². The maximum atomic E-state index is 12.6. The first kappa shape index (κ1) is 21.3. The van der Waals surface area contributed by atoms with Gasteiger partial charge in [0.15, 0.2) is 5.66 Å². The fourth-order valence-electron chi connectivity index (χ4n) is 3.65. The molecule has 0 aliphatic carbocycles. The standard InChI is InChI=1S/C23H25BrN4OS/c1-16-5-3-4-6-19(16)25-20(29)15-30-22-21(17-7-9-18(24)10-8-17)26-23(27-22)11-13-28(2)14-12-23/h3-10H,11-15H2,1-2H3,(H,25,29). The number of likely N-dealkylation sites (tertiary alicyclic amines) is 1. The van der Waals surface area contributed by atoms with E-state index in [1.54, 1.807) is 0 Å². The van der Waals surface area contributed by atoms with E-state index in [4.69, 9.17) is 9.98 Å². The van der Waals surface area contributed by atoms with Gasteiger partial charge in [-0.3, -0.25) is 9.79 Å². The van der Waals surface area contributed by atoms with Gasteiger partial charge in [-0.05, 0) is 37.7 Å². The highest BCUT2D eigenvalue weighted by Crippen LogP contribution is 2.35. The number of rotatable bonds is 4. The van der Waals surface area contributed by atoms with Crippen LogP contribution in [0.1, 0.15) is 24.0 Å².